The van der Waals surface area contributed by atoms with E-state index in [0.29, 0.717) is 12.8 Å². The Labute approximate surface area is 162 Å². The number of hydrogen-bond donors (Lipinski definition) is 4. The maximum Gasteiger partial charge on any atom is 0.177 e. The topological polar surface area (TPSA) is 90.2 Å². The molecule has 152 valence electrons. The van der Waals surface area contributed by atoms with Gasteiger partial charge in [-0.1, -0.05) is 62.8 Å². The smallest absolute Gasteiger partial charge is 0.177 e. The molecule has 0 spiro atoms. The largest absolute Gasteiger partial charge is 0.392 e. The molecule has 0 bridgehead atoms. The van der Waals surface area contributed by atoms with Crippen LogP contribution in [0.3, 0.4) is 0 Å². The zero-order valence-electron chi connectivity index (χ0n) is 16.8. The van der Waals surface area contributed by atoms with Crippen LogP contribution < -0.4 is 0 Å². The van der Waals surface area contributed by atoms with Crippen molar-refractivity contribution >= 4 is 0 Å². The number of aliphatic hydroxyl groups is 4. The Morgan fingerprint density at radius 1 is 1.26 bits per heavy atom. The zero-order chi connectivity index (χ0) is 20.2. The summed E-state index contributed by atoms with van der Waals surface area (Å²) in [5.41, 5.74) is 1.40. The minimum absolute atomic E-state index is 0.111. The van der Waals surface area contributed by atoms with Crippen molar-refractivity contribution in [1.82, 2.24) is 0 Å². The summed E-state index contributed by atoms with van der Waals surface area (Å²) in [4.78, 5) is 0. The number of hydrogen-bond acceptors (Lipinski definition) is 5. The second-order valence-corrected chi connectivity index (χ2v) is 8.41. The van der Waals surface area contributed by atoms with E-state index in [1.165, 1.54) is 6.92 Å². The molecule has 0 amide bonds. The second-order valence-electron chi connectivity index (χ2n) is 8.41. The van der Waals surface area contributed by atoms with Crippen molar-refractivity contribution in [3.63, 3.8) is 0 Å². The van der Waals surface area contributed by atoms with Crippen LogP contribution in [-0.2, 0) is 11.2 Å². The molecule has 1 aromatic carbocycles. The van der Waals surface area contributed by atoms with Gasteiger partial charge in [0.1, 0.15) is 0 Å². The van der Waals surface area contributed by atoms with Gasteiger partial charge < -0.3 is 25.2 Å². The Bertz CT molecular complexity index is 625. The molecule has 0 unspecified atom stereocenters. The SMILES string of the molecule is C[C@@H](O)[C@H](O)C[C@@H]1C/C(=C\CO)[C@H](C)[C@](O)(C(C)(C)Cc2ccccc2)O1. The first kappa shape index (κ1) is 22.1. The summed E-state index contributed by atoms with van der Waals surface area (Å²) in [5.74, 6) is -1.77. The predicted octanol–water partition coefficient (Wildman–Crippen LogP) is 2.42. The maximum atomic E-state index is 11.7. The van der Waals surface area contributed by atoms with Gasteiger partial charge in [-0.15, -0.1) is 0 Å². The molecule has 1 fully saturated rings. The van der Waals surface area contributed by atoms with E-state index >= 15 is 0 Å². The molecular formula is C22H34O5. The lowest BCUT2D eigenvalue weighted by Crippen LogP contribution is -2.58. The minimum atomic E-state index is -1.47. The monoisotopic (exact) mass is 378 g/mol. The van der Waals surface area contributed by atoms with Crippen LogP contribution in [0.2, 0.25) is 0 Å². The van der Waals surface area contributed by atoms with Crippen molar-refractivity contribution in [3.8, 4) is 0 Å². The van der Waals surface area contributed by atoms with Gasteiger partial charge >= 0.3 is 0 Å². The minimum Gasteiger partial charge on any atom is -0.392 e. The highest BCUT2D eigenvalue weighted by atomic mass is 16.6. The third-order valence-corrected chi connectivity index (χ3v) is 5.83. The van der Waals surface area contributed by atoms with Gasteiger partial charge in [-0.2, -0.15) is 0 Å². The highest BCUT2D eigenvalue weighted by molar-refractivity contribution is 5.21. The normalized spacial score (nSPS) is 30.3. The van der Waals surface area contributed by atoms with Gasteiger partial charge in [0.2, 0.25) is 0 Å². The summed E-state index contributed by atoms with van der Waals surface area (Å²) in [6.45, 7) is 7.28. The van der Waals surface area contributed by atoms with E-state index < -0.39 is 29.5 Å². The molecule has 2 rings (SSSR count). The molecule has 1 aromatic rings. The first-order valence-corrected chi connectivity index (χ1v) is 9.70. The van der Waals surface area contributed by atoms with E-state index in [0.717, 1.165) is 11.1 Å². The Hall–Kier alpha value is -1.24. The van der Waals surface area contributed by atoms with Crippen molar-refractivity contribution in [3.05, 3.63) is 47.5 Å². The molecule has 0 aromatic heterocycles. The van der Waals surface area contributed by atoms with E-state index in [1.807, 2.05) is 51.1 Å². The highest BCUT2D eigenvalue weighted by Crippen LogP contribution is 2.48. The van der Waals surface area contributed by atoms with Crippen LogP contribution in [0, 0.1) is 11.3 Å². The van der Waals surface area contributed by atoms with Gasteiger partial charge in [0.05, 0.1) is 24.9 Å². The summed E-state index contributed by atoms with van der Waals surface area (Å²) in [5, 5.41) is 40.8. The molecule has 4 N–H and O–H groups in total. The Balaban J connectivity index is 2.32. The van der Waals surface area contributed by atoms with Crippen molar-refractivity contribution in [2.24, 2.45) is 11.3 Å². The predicted molar refractivity (Wildman–Crippen MR) is 105 cm³/mol. The number of ether oxygens (including phenoxy) is 1. The Kier molecular flexibility index (Phi) is 7.22. The summed E-state index contributed by atoms with van der Waals surface area (Å²) in [7, 11) is 0. The van der Waals surface area contributed by atoms with Gasteiger partial charge in [-0.05, 0) is 25.3 Å². The third kappa shape index (κ3) is 4.98. The fourth-order valence-corrected chi connectivity index (χ4v) is 4.04. The van der Waals surface area contributed by atoms with Crippen LogP contribution in [0.1, 0.15) is 46.1 Å². The van der Waals surface area contributed by atoms with Gasteiger partial charge in [0.25, 0.3) is 0 Å². The van der Waals surface area contributed by atoms with Gasteiger partial charge in [0.15, 0.2) is 5.79 Å². The van der Waals surface area contributed by atoms with Gasteiger partial charge in [-0.3, -0.25) is 0 Å². The van der Waals surface area contributed by atoms with E-state index in [4.69, 9.17) is 4.74 Å². The van der Waals surface area contributed by atoms with Crippen LogP contribution in [0.5, 0.6) is 0 Å². The first-order valence-electron chi connectivity index (χ1n) is 9.70. The van der Waals surface area contributed by atoms with Crippen molar-refractivity contribution in [2.75, 3.05) is 6.61 Å². The average Bonchev–Trinajstić information content (AvgIpc) is 2.59. The first-order chi connectivity index (χ1) is 12.6. The second kappa shape index (κ2) is 8.84. The van der Waals surface area contributed by atoms with Gasteiger partial charge in [-0.25, -0.2) is 0 Å². The van der Waals surface area contributed by atoms with E-state index in [-0.39, 0.29) is 18.9 Å². The highest BCUT2D eigenvalue weighted by Gasteiger charge is 2.53. The molecular weight excluding hydrogens is 344 g/mol. The van der Waals surface area contributed by atoms with E-state index in [9.17, 15) is 20.4 Å². The molecule has 27 heavy (non-hydrogen) atoms. The quantitative estimate of drug-likeness (QED) is 0.547. The molecule has 5 heteroatoms. The standard InChI is InChI=1S/C22H34O5/c1-15-18(10-11-23)12-19(13-20(25)16(2)24)27-22(15,26)21(3,4)14-17-8-6-5-7-9-17/h5-10,15-16,19-20,23-26H,11-14H2,1-4H3/b18-10+/t15-,16+,19-,20+,22+/m0/s1. The molecule has 0 saturated carbocycles. The molecule has 1 aliphatic rings. The fourth-order valence-electron chi connectivity index (χ4n) is 4.04. The zero-order valence-corrected chi connectivity index (χ0v) is 16.8. The molecule has 0 radical (unpaired) electrons. The fraction of sp³-hybridized carbons (Fsp3) is 0.636. The number of aliphatic hydroxyl groups excluding tert-OH is 3. The molecule has 1 heterocycles. The van der Waals surface area contributed by atoms with Crippen LogP contribution in [0.15, 0.2) is 42.0 Å². The lowest BCUT2D eigenvalue weighted by molar-refractivity contribution is -0.321. The van der Waals surface area contributed by atoms with Crippen molar-refractivity contribution in [1.29, 1.82) is 0 Å². The molecule has 5 atom stereocenters. The van der Waals surface area contributed by atoms with Crippen LogP contribution in [0.4, 0.5) is 0 Å². The van der Waals surface area contributed by atoms with Crippen molar-refractivity contribution in [2.45, 2.75) is 71.1 Å². The number of benzene rings is 1. The lowest BCUT2D eigenvalue weighted by Gasteiger charge is -2.52. The van der Waals surface area contributed by atoms with E-state index in [1.54, 1.807) is 6.08 Å². The Morgan fingerprint density at radius 2 is 1.89 bits per heavy atom. The Morgan fingerprint density at radius 3 is 2.44 bits per heavy atom. The van der Waals surface area contributed by atoms with Crippen LogP contribution in [0.25, 0.3) is 0 Å². The number of rotatable bonds is 7. The van der Waals surface area contributed by atoms with Crippen molar-refractivity contribution < 1.29 is 25.2 Å². The summed E-state index contributed by atoms with van der Waals surface area (Å²) in [6, 6.07) is 9.95. The average molecular weight is 379 g/mol. The summed E-state index contributed by atoms with van der Waals surface area (Å²) < 4.78 is 6.18. The molecule has 0 aliphatic carbocycles. The van der Waals surface area contributed by atoms with Crippen LogP contribution >= 0.6 is 0 Å². The molecule has 1 saturated heterocycles. The third-order valence-electron chi connectivity index (χ3n) is 5.83. The van der Waals surface area contributed by atoms with Gasteiger partial charge in [0, 0.05) is 17.8 Å². The maximum absolute atomic E-state index is 11.7. The lowest BCUT2D eigenvalue weighted by atomic mass is 9.68. The summed E-state index contributed by atoms with van der Waals surface area (Å²) in [6.07, 6.45) is 0.824. The van der Waals surface area contributed by atoms with E-state index in [2.05, 4.69) is 0 Å². The van der Waals surface area contributed by atoms with Crippen LogP contribution in [-0.4, -0.2) is 51.1 Å². The summed E-state index contributed by atoms with van der Waals surface area (Å²) >= 11 is 0. The molecule has 1 aliphatic heterocycles. The molecule has 5 nitrogen and oxygen atoms in total.